The molecule has 94 valence electrons. The monoisotopic (exact) mass is 341 g/mol. The summed E-state index contributed by atoms with van der Waals surface area (Å²) in [6.45, 7) is 2.02. The van der Waals surface area contributed by atoms with Gasteiger partial charge >= 0.3 is 0 Å². The van der Waals surface area contributed by atoms with Crippen LogP contribution in [0.3, 0.4) is 0 Å². The maximum Gasteiger partial charge on any atom is 0.0446 e. The topological polar surface area (TPSA) is 26.0 Å². The largest absolute Gasteiger partial charge is 0.398 e. The second kappa shape index (κ2) is 6.00. The van der Waals surface area contributed by atoms with Crippen molar-refractivity contribution in [3.05, 3.63) is 57.0 Å². The molecular weight excluding hydrogens is 330 g/mol. The minimum atomic E-state index is 0.809. The number of nitrogens with two attached hydrogens (primary N) is 1. The third-order valence-electron chi connectivity index (χ3n) is 2.66. The van der Waals surface area contributed by atoms with E-state index < -0.39 is 0 Å². The van der Waals surface area contributed by atoms with Gasteiger partial charge in [0.05, 0.1) is 0 Å². The minimum Gasteiger partial charge on any atom is -0.398 e. The van der Waals surface area contributed by atoms with Crippen molar-refractivity contribution in [1.29, 1.82) is 0 Å². The molecule has 0 bridgehead atoms. The highest BCUT2D eigenvalue weighted by Crippen LogP contribution is 2.34. The van der Waals surface area contributed by atoms with Crippen molar-refractivity contribution < 1.29 is 0 Å². The number of benzene rings is 2. The number of thioether (sulfide) groups is 1. The van der Waals surface area contributed by atoms with E-state index in [1.54, 1.807) is 11.8 Å². The molecule has 2 N–H and O–H groups in total. The van der Waals surface area contributed by atoms with Gasteiger partial charge in [0.1, 0.15) is 0 Å². The van der Waals surface area contributed by atoms with Gasteiger partial charge in [-0.2, -0.15) is 0 Å². The van der Waals surface area contributed by atoms with Crippen LogP contribution in [0.25, 0.3) is 0 Å². The molecule has 0 amide bonds. The van der Waals surface area contributed by atoms with Crippen LogP contribution in [0.15, 0.2) is 45.8 Å². The SMILES string of the molecule is Cc1cc(SCc2ccccc2Cl)c(Br)cc1N. The van der Waals surface area contributed by atoms with Gasteiger partial charge in [0.25, 0.3) is 0 Å². The van der Waals surface area contributed by atoms with E-state index in [1.807, 2.05) is 37.3 Å². The summed E-state index contributed by atoms with van der Waals surface area (Å²) in [6, 6.07) is 12.0. The number of anilines is 1. The normalized spacial score (nSPS) is 10.6. The van der Waals surface area contributed by atoms with E-state index in [4.69, 9.17) is 17.3 Å². The van der Waals surface area contributed by atoms with Crippen LogP contribution in [0.1, 0.15) is 11.1 Å². The van der Waals surface area contributed by atoms with E-state index in [-0.39, 0.29) is 0 Å². The number of halogens is 2. The van der Waals surface area contributed by atoms with Gasteiger partial charge in [0.15, 0.2) is 0 Å². The van der Waals surface area contributed by atoms with E-state index >= 15 is 0 Å². The van der Waals surface area contributed by atoms with Crippen molar-refractivity contribution in [2.24, 2.45) is 0 Å². The molecule has 0 aliphatic carbocycles. The van der Waals surface area contributed by atoms with E-state index in [9.17, 15) is 0 Å². The van der Waals surface area contributed by atoms with Crippen molar-refractivity contribution in [2.45, 2.75) is 17.6 Å². The smallest absolute Gasteiger partial charge is 0.0446 e. The maximum absolute atomic E-state index is 6.14. The van der Waals surface area contributed by atoms with Crippen molar-refractivity contribution in [3.8, 4) is 0 Å². The number of aryl methyl sites for hydroxylation is 1. The Kier molecular flexibility index (Phi) is 4.60. The lowest BCUT2D eigenvalue weighted by Gasteiger charge is -2.09. The molecule has 0 fully saturated rings. The quantitative estimate of drug-likeness (QED) is 0.606. The predicted octanol–water partition coefficient (Wildman–Crippen LogP) is 5.29. The van der Waals surface area contributed by atoms with Gasteiger partial charge in [-0.05, 0) is 52.2 Å². The average Bonchev–Trinajstić information content (AvgIpc) is 2.34. The first-order valence-electron chi connectivity index (χ1n) is 5.50. The molecule has 0 aliphatic heterocycles. The zero-order valence-corrected chi connectivity index (χ0v) is 13.1. The molecule has 2 aromatic carbocycles. The lowest BCUT2D eigenvalue weighted by Crippen LogP contribution is -1.91. The van der Waals surface area contributed by atoms with Gasteiger partial charge in [0.2, 0.25) is 0 Å². The molecule has 0 saturated carbocycles. The second-order valence-corrected chi connectivity index (χ2v) is 6.30. The lowest BCUT2D eigenvalue weighted by molar-refractivity contribution is 1.31. The zero-order valence-electron chi connectivity index (χ0n) is 9.91. The van der Waals surface area contributed by atoms with E-state index in [0.29, 0.717) is 0 Å². The van der Waals surface area contributed by atoms with Crippen molar-refractivity contribution in [3.63, 3.8) is 0 Å². The fourth-order valence-corrected chi connectivity index (χ4v) is 3.56. The number of nitrogen functional groups attached to an aromatic ring is 1. The summed E-state index contributed by atoms with van der Waals surface area (Å²) >= 11 is 11.4. The van der Waals surface area contributed by atoms with Crippen molar-refractivity contribution in [2.75, 3.05) is 5.73 Å². The van der Waals surface area contributed by atoms with Gasteiger partial charge in [-0.15, -0.1) is 11.8 Å². The molecule has 2 rings (SSSR count). The van der Waals surface area contributed by atoms with Gasteiger partial charge in [-0.3, -0.25) is 0 Å². The van der Waals surface area contributed by atoms with Gasteiger partial charge in [-0.1, -0.05) is 29.8 Å². The maximum atomic E-state index is 6.14. The Morgan fingerprint density at radius 3 is 2.72 bits per heavy atom. The molecule has 0 radical (unpaired) electrons. The summed E-state index contributed by atoms with van der Waals surface area (Å²) < 4.78 is 1.03. The zero-order chi connectivity index (χ0) is 13.1. The van der Waals surface area contributed by atoms with Crippen LogP contribution < -0.4 is 5.73 Å². The highest BCUT2D eigenvalue weighted by molar-refractivity contribution is 9.10. The van der Waals surface area contributed by atoms with Crippen LogP contribution in [0, 0.1) is 6.92 Å². The second-order valence-electron chi connectivity index (χ2n) is 4.02. The minimum absolute atomic E-state index is 0.809. The lowest BCUT2D eigenvalue weighted by atomic mass is 10.2. The third kappa shape index (κ3) is 3.22. The Morgan fingerprint density at radius 1 is 1.28 bits per heavy atom. The predicted molar refractivity (Wildman–Crippen MR) is 84.3 cm³/mol. The Bertz CT molecular complexity index is 572. The summed E-state index contributed by atoms with van der Waals surface area (Å²) in [7, 11) is 0. The average molecular weight is 343 g/mol. The van der Waals surface area contributed by atoms with E-state index in [2.05, 4.69) is 22.0 Å². The number of hydrogen-bond donors (Lipinski definition) is 1. The highest BCUT2D eigenvalue weighted by atomic mass is 79.9. The van der Waals surface area contributed by atoms with Gasteiger partial charge in [-0.25, -0.2) is 0 Å². The molecule has 1 nitrogen and oxygen atoms in total. The molecular formula is C14H13BrClNS. The van der Waals surface area contributed by atoms with Crippen LogP contribution in [-0.2, 0) is 5.75 Å². The highest BCUT2D eigenvalue weighted by Gasteiger charge is 2.06. The molecule has 18 heavy (non-hydrogen) atoms. The number of rotatable bonds is 3. The van der Waals surface area contributed by atoms with Crippen LogP contribution in [0.4, 0.5) is 5.69 Å². The standard InChI is InChI=1S/C14H13BrClNS/c1-9-6-14(11(15)7-13(9)17)18-8-10-4-2-3-5-12(10)16/h2-7H,8,17H2,1H3. The molecule has 0 atom stereocenters. The fraction of sp³-hybridized carbons (Fsp3) is 0.143. The summed E-state index contributed by atoms with van der Waals surface area (Å²) in [5.41, 5.74) is 8.91. The van der Waals surface area contributed by atoms with Crippen molar-refractivity contribution in [1.82, 2.24) is 0 Å². The van der Waals surface area contributed by atoms with Crippen LogP contribution >= 0.6 is 39.3 Å². The molecule has 0 heterocycles. The number of hydrogen-bond acceptors (Lipinski definition) is 2. The van der Waals surface area contributed by atoms with Crippen LogP contribution in [0.2, 0.25) is 5.02 Å². The first kappa shape index (κ1) is 13.8. The van der Waals surface area contributed by atoms with E-state index in [1.165, 1.54) is 4.90 Å². The molecule has 0 saturated heterocycles. The third-order valence-corrected chi connectivity index (χ3v) is 5.05. The summed E-state index contributed by atoms with van der Waals surface area (Å²) in [5, 5.41) is 0.813. The fourth-order valence-electron chi connectivity index (χ4n) is 1.55. The van der Waals surface area contributed by atoms with Crippen LogP contribution in [-0.4, -0.2) is 0 Å². The van der Waals surface area contributed by atoms with E-state index in [0.717, 1.165) is 32.1 Å². The van der Waals surface area contributed by atoms with Gasteiger partial charge < -0.3 is 5.73 Å². The Labute approximate surface area is 125 Å². The summed E-state index contributed by atoms with van der Waals surface area (Å²) in [4.78, 5) is 1.18. The molecule has 4 heteroatoms. The van der Waals surface area contributed by atoms with Crippen LogP contribution in [0.5, 0.6) is 0 Å². The summed E-state index contributed by atoms with van der Waals surface area (Å²) in [6.07, 6.45) is 0. The molecule has 0 aliphatic rings. The first-order valence-corrected chi connectivity index (χ1v) is 7.65. The molecule has 0 aromatic heterocycles. The first-order chi connectivity index (χ1) is 8.58. The Hall–Kier alpha value is -0.640. The molecule has 2 aromatic rings. The Balaban J connectivity index is 2.16. The Morgan fingerprint density at radius 2 is 2.00 bits per heavy atom. The molecule has 0 unspecified atom stereocenters. The molecule has 0 spiro atoms. The summed E-state index contributed by atoms with van der Waals surface area (Å²) in [5.74, 6) is 0.849. The van der Waals surface area contributed by atoms with Gasteiger partial charge in [0, 0.05) is 25.8 Å². The van der Waals surface area contributed by atoms with Crippen molar-refractivity contribution >= 4 is 45.0 Å².